The zero-order chi connectivity index (χ0) is 18.6. The van der Waals surface area contributed by atoms with Crippen molar-refractivity contribution in [1.29, 1.82) is 0 Å². The first-order chi connectivity index (χ1) is 12.4. The monoisotopic (exact) mass is 355 g/mol. The molecule has 0 unspecified atom stereocenters. The molecule has 3 aromatic rings. The molecular weight excluding hydrogens is 339 g/mol. The van der Waals surface area contributed by atoms with Gasteiger partial charge in [0.25, 0.3) is 0 Å². The van der Waals surface area contributed by atoms with Gasteiger partial charge in [-0.05, 0) is 29.8 Å². The Balaban J connectivity index is 1.73. The summed E-state index contributed by atoms with van der Waals surface area (Å²) in [7, 11) is 1.78. The highest BCUT2D eigenvalue weighted by molar-refractivity contribution is 5.56. The van der Waals surface area contributed by atoms with Crippen LogP contribution in [0.25, 0.3) is 0 Å². The summed E-state index contributed by atoms with van der Waals surface area (Å²) >= 11 is 0. The second-order valence-electron chi connectivity index (χ2n) is 5.69. The van der Waals surface area contributed by atoms with Crippen molar-refractivity contribution in [2.24, 2.45) is 7.05 Å². The minimum absolute atomic E-state index is 0.373. The number of alkyl halides is 3. The van der Waals surface area contributed by atoms with Crippen molar-refractivity contribution in [1.82, 2.24) is 9.78 Å². The molecule has 0 amide bonds. The molecule has 0 aliphatic heterocycles. The van der Waals surface area contributed by atoms with Crippen molar-refractivity contribution >= 4 is 5.82 Å². The van der Waals surface area contributed by atoms with Crippen LogP contribution in [0, 0.1) is 11.8 Å². The van der Waals surface area contributed by atoms with Crippen LogP contribution in [-0.2, 0) is 19.8 Å². The SMILES string of the molecule is Cn1ncc(C#Cc2ccccc2)c1NCc1ccc(C(F)(F)F)cc1. The van der Waals surface area contributed by atoms with Gasteiger partial charge in [-0.3, -0.25) is 4.68 Å². The fourth-order valence-corrected chi connectivity index (χ4v) is 2.40. The van der Waals surface area contributed by atoms with Crippen LogP contribution in [0.5, 0.6) is 0 Å². The van der Waals surface area contributed by atoms with E-state index in [1.165, 1.54) is 12.1 Å². The van der Waals surface area contributed by atoms with E-state index in [1.807, 2.05) is 30.3 Å². The van der Waals surface area contributed by atoms with Crippen molar-refractivity contribution in [3.63, 3.8) is 0 Å². The van der Waals surface area contributed by atoms with Gasteiger partial charge in [-0.1, -0.05) is 42.2 Å². The van der Waals surface area contributed by atoms with E-state index in [9.17, 15) is 13.2 Å². The standard InChI is InChI=1S/C20H16F3N3/c1-26-19(17(14-25-26)10-7-15-5-3-2-4-6-15)24-13-16-8-11-18(12-9-16)20(21,22)23/h2-6,8-9,11-12,14,24H,13H2,1H3. The molecule has 132 valence electrons. The molecule has 2 aromatic carbocycles. The van der Waals surface area contributed by atoms with Crippen molar-refractivity contribution < 1.29 is 13.2 Å². The second kappa shape index (κ2) is 7.36. The summed E-state index contributed by atoms with van der Waals surface area (Å²) in [6.07, 6.45) is -2.67. The summed E-state index contributed by atoms with van der Waals surface area (Å²) in [6, 6.07) is 14.7. The number of halogens is 3. The molecule has 6 heteroatoms. The lowest BCUT2D eigenvalue weighted by Crippen LogP contribution is -2.07. The normalized spacial score (nSPS) is 10.9. The molecule has 0 atom stereocenters. The number of anilines is 1. The number of benzene rings is 2. The molecule has 1 heterocycles. The van der Waals surface area contributed by atoms with Gasteiger partial charge in [0.05, 0.1) is 17.3 Å². The number of nitrogens with one attached hydrogen (secondary N) is 1. The summed E-state index contributed by atoms with van der Waals surface area (Å²) in [6.45, 7) is 0.373. The highest BCUT2D eigenvalue weighted by atomic mass is 19.4. The van der Waals surface area contributed by atoms with Gasteiger partial charge in [-0.2, -0.15) is 18.3 Å². The second-order valence-corrected chi connectivity index (χ2v) is 5.69. The van der Waals surface area contributed by atoms with Crippen LogP contribution in [0.2, 0.25) is 0 Å². The summed E-state index contributed by atoms with van der Waals surface area (Å²) in [5.74, 6) is 6.86. The minimum Gasteiger partial charge on any atom is -0.365 e. The fraction of sp³-hybridized carbons (Fsp3) is 0.150. The zero-order valence-corrected chi connectivity index (χ0v) is 14.0. The highest BCUT2D eigenvalue weighted by Crippen LogP contribution is 2.29. The third-order valence-corrected chi connectivity index (χ3v) is 3.80. The first kappa shape index (κ1) is 17.6. The third-order valence-electron chi connectivity index (χ3n) is 3.80. The Bertz CT molecular complexity index is 930. The predicted molar refractivity (Wildman–Crippen MR) is 94.4 cm³/mol. The Labute approximate surface area is 149 Å². The third kappa shape index (κ3) is 4.25. The van der Waals surface area contributed by atoms with Crippen LogP contribution < -0.4 is 5.32 Å². The number of rotatable bonds is 3. The lowest BCUT2D eigenvalue weighted by Gasteiger charge is -2.10. The van der Waals surface area contributed by atoms with Crippen LogP contribution in [-0.4, -0.2) is 9.78 Å². The number of hydrogen-bond acceptors (Lipinski definition) is 2. The molecule has 0 aliphatic carbocycles. The fourth-order valence-electron chi connectivity index (χ4n) is 2.40. The highest BCUT2D eigenvalue weighted by Gasteiger charge is 2.29. The molecule has 3 rings (SSSR count). The molecule has 0 spiro atoms. The van der Waals surface area contributed by atoms with E-state index in [-0.39, 0.29) is 0 Å². The largest absolute Gasteiger partial charge is 0.416 e. The first-order valence-electron chi connectivity index (χ1n) is 7.92. The summed E-state index contributed by atoms with van der Waals surface area (Å²) in [4.78, 5) is 0. The van der Waals surface area contributed by atoms with Gasteiger partial charge >= 0.3 is 6.18 Å². The van der Waals surface area contributed by atoms with E-state index in [0.29, 0.717) is 12.4 Å². The predicted octanol–water partition coefficient (Wildman–Crippen LogP) is 4.45. The summed E-state index contributed by atoms with van der Waals surface area (Å²) in [5, 5.41) is 7.38. The maximum atomic E-state index is 12.6. The maximum Gasteiger partial charge on any atom is 0.416 e. The number of aromatic nitrogens is 2. The van der Waals surface area contributed by atoms with Gasteiger partial charge in [0, 0.05) is 19.2 Å². The van der Waals surface area contributed by atoms with E-state index in [1.54, 1.807) is 17.9 Å². The molecule has 0 fully saturated rings. The van der Waals surface area contributed by atoms with Crippen molar-refractivity contribution in [3.8, 4) is 11.8 Å². The first-order valence-corrected chi connectivity index (χ1v) is 7.92. The van der Waals surface area contributed by atoms with Gasteiger partial charge in [0.1, 0.15) is 5.82 Å². The number of hydrogen-bond donors (Lipinski definition) is 1. The van der Waals surface area contributed by atoms with E-state index < -0.39 is 11.7 Å². The Morgan fingerprint density at radius 2 is 1.69 bits per heavy atom. The molecule has 0 saturated heterocycles. The van der Waals surface area contributed by atoms with E-state index in [4.69, 9.17) is 0 Å². The Morgan fingerprint density at radius 3 is 2.35 bits per heavy atom. The van der Waals surface area contributed by atoms with Gasteiger partial charge in [0.15, 0.2) is 0 Å². The van der Waals surface area contributed by atoms with Crippen molar-refractivity contribution in [2.75, 3.05) is 5.32 Å². The molecule has 0 bridgehead atoms. The van der Waals surface area contributed by atoms with Gasteiger partial charge in [0.2, 0.25) is 0 Å². The van der Waals surface area contributed by atoms with Crippen molar-refractivity contribution in [2.45, 2.75) is 12.7 Å². The molecule has 26 heavy (non-hydrogen) atoms. The Morgan fingerprint density at radius 1 is 1.00 bits per heavy atom. The molecule has 0 saturated carbocycles. The van der Waals surface area contributed by atoms with Crippen molar-refractivity contribution in [3.05, 3.63) is 83.0 Å². The number of aryl methyl sites for hydroxylation is 1. The molecule has 0 aliphatic rings. The van der Waals surface area contributed by atoms with E-state index >= 15 is 0 Å². The maximum absolute atomic E-state index is 12.6. The molecule has 3 nitrogen and oxygen atoms in total. The van der Waals surface area contributed by atoms with Crippen LogP contribution in [0.4, 0.5) is 19.0 Å². The number of nitrogens with zero attached hydrogens (tertiary/aromatic N) is 2. The topological polar surface area (TPSA) is 29.9 Å². The van der Waals surface area contributed by atoms with Crippen LogP contribution in [0.15, 0.2) is 60.8 Å². The average molecular weight is 355 g/mol. The zero-order valence-electron chi connectivity index (χ0n) is 14.0. The lowest BCUT2D eigenvalue weighted by molar-refractivity contribution is -0.137. The average Bonchev–Trinajstić information content (AvgIpc) is 2.98. The van der Waals surface area contributed by atoms with Gasteiger partial charge in [-0.15, -0.1) is 0 Å². The smallest absolute Gasteiger partial charge is 0.365 e. The van der Waals surface area contributed by atoms with Crippen LogP contribution >= 0.6 is 0 Å². The van der Waals surface area contributed by atoms with Gasteiger partial charge < -0.3 is 5.32 Å². The summed E-state index contributed by atoms with van der Waals surface area (Å²) < 4.78 is 39.5. The van der Waals surface area contributed by atoms with Crippen LogP contribution in [0.1, 0.15) is 22.3 Å². The summed E-state index contributed by atoms with van der Waals surface area (Å²) in [5.41, 5.74) is 1.70. The minimum atomic E-state index is -4.33. The van der Waals surface area contributed by atoms with Crippen LogP contribution in [0.3, 0.4) is 0 Å². The Hall–Kier alpha value is -3.20. The van der Waals surface area contributed by atoms with E-state index in [0.717, 1.165) is 28.8 Å². The molecular formula is C20H16F3N3. The molecule has 1 N–H and O–H groups in total. The lowest BCUT2D eigenvalue weighted by atomic mass is 10.1. The van der Waals surface area contributed by atoms with Gasteiger partial charge in [-0.25, -0.2) is 0 Å². The molecule has 0 radical (unpaired) electrons. The quantitative estimate of drug-likeness (QED) is 0.704. The molecule has 1 aromatic heterocycles. The van der Waals surface area contributed by atoms with E-state index in [2.05, 4.69) is 22.3 Å². The Kier molecular flexibility index (Phi) is 4.99.